The highest BCUT2D eigenvalue weighted by Gasteiger charge is 2.54. The van der Waals surface area contributed by atoms with Crippen LogP contribution in [0.25, 0.3) is 0 Å². The summed E-state index contributed by atoms with van der Waals surface area (Å²) in [4.78, 5) is 48.4. The van der Waals surface area contributed by atoms with Crippen LogP contribution >= 0.6 is 23.5 Å². The van der Waals surface area contributed by atoms with Gasteiger partial charge in [-0.3, -0.25) is 19.3 Å². The van der Waals surface area contributed by atoms with E-state index in [1.54, 1.807) is 0 Å². The molecule has 0 saturated carbocycles. The number of halogens is 3. The molecule has 1 aromatic rings. The number of carboxylic acids is 1. The number of β-lactam (4-membered cyclic amide) rings is 1. The van der Waals surface area contributed by atoms with Gasteiger partial charge in [-0.1, -0.05) is 11.8 Å². The molecule has 2 atom stereocenters. The van der Waals surface area contributed by atoms with Gasteiger partial charge in [0.05, 0.1) is 6.54 Å². The SMILES string of the molecule is NC(=O)CCn1nnnc1SCC1=C(C(=O)O)N2C(=O)C(NC(=O)CS(=O)(=O)CC(F)(F)F)C2SC1. The van der Waals surface area contributed by atoms with Gasteiger partial charge in [0, 0.05) is 17.9 Å². The summed E-state index contributed by atoms with van der Waals surface area (Å²) >= 11 is 2.14. The highest BCUT2D eigenvalue weighted by Crippen LogP contribution is 2.41. The molecular weight excluding hydrogens is 555 g/mol. The van der Waals surface area contributed by atoms with Crippen molar-refractivity contribution in [3.8, 4) is 0 Å². The lowest BCUT2D eigenvalue weighted by Gasteiger charge is -2.49. The molecule has 3 heterocycles. The monoisotopic (exact) mass is 573 g/mol. The molecule has 36 heavy (non-hydrogen) atoms. The molecule has 0 spiro atoms. The minimum atomic E-state index is -5.03. The predicted octanol–water partition coefficient (Wildman–Crippen LogP) is -1.64. The number of nitrogens with two attached hydrogens (primary N) is 1. The number of amides is 3. The molecule has 1 saturated heterocycles. The average molecular weight is 574 g/mol. The van der Waals surface area contributed by atoms with Crippen molar-refractivity contribution in [1.82, 2.24) is 30.4 Å². The van der Waals surface area contributed by atoms with Gasteiger partial charge in [-0.05, 0) is 16.0 Å². The molecule has 4 N–H and O–H groups in total. The maximum atomic E-state index is 12.6. The molecule has 14 nitrogen and oxygen atoms in total. The lowest BCUT2D eigenvalue weighted by atomic mass is 10.0. The van der Waals surface area contributed by atoms with E-state index in [9.17, 15) is 45.9 Å². The number of nitrogens with zero attached hydrogens (tertiary/aromatic N) is 5. The summed E-state index contributed by atoms with van der Waals surface area (Å²) in [6, 6.07) is -1.30. The van der Waals surface area contributed by atoms with Crippen molar-refractivity contribution < 1.29 is 45.9 Å². The number of carbonyl (C=O) groups excluding carboxylic acids is 3. The molecule has 3 amide bonds. The zero-order valence-corrected chi connectivity index (χ0v) is 20.4. The van der Waals surface area contributed by atoms with E-state index >= 15 is 0 Å². The normalized spacial score (nSPS) is 20.1. The number of thioether (sulfide) groups is 2. The Balaban J connectivity index is 1.66. The fourth-order valence-electron chi connectivity index (χ4n) is 3.32. The number of aromatic nitrogens is 4. The van der Waals surface area contributed by atoms with E-state index in [2.05, 4.69) is 20.8 Å². The quantitative estimate of drug-likeness (QED) is 0.201. The predicted molar refractivity (Wildman–Crippen MR) is 117 cm³/mol. The number of hydrogen-bond acceptors (Lipinski definition) is 11. The number of alkyl halides is 3. The van der Waals surface area contributed by atoms with Crippen LogP contribution in [-0.2, 0) is 35.6 Å². The highest BCUT2D eigenvalue weighted by atomic mass is 32.2. The molecule has 1 aromatic heterocycles. The number of carbonyl (C=O) groups is 4. The second-order valence-corrected chi connectivity index (χ2v) is 11.7. The van der Waals surface area contributed by atoms with Crippen LogP contribution in [0.2, 0.25) is 0 Å². The van der Waals surface area contributed by atoms with Gasteiger partial charge in [0.25, 0.3) is 5.91 Å². The molecule has 2 aliphatic heterocycles. The molecule has 0 radical (unpaired) electrons. The molecule has 0 aromatic carbocycles. The molecule has 0 aliphatic carbocycles. The number of primary amides is 1. The van der Waals surface area contributed by atoms with Crippen molar-refractivity contribution in [3.05, 3.63) is 11.3 Å². The molecule has 20 heteroatoms. The standard InChI is InChI=1S/C16H18F3N7O7S3/c17-16(18,19)6-36(32,33)5-9(28)21-10-12(29)26-11(14(30)31)7(3-34-13(10)26)4-35-15-22-23-24-25(15)2-1-8(20)27/h10,13H,1-6H2,(H2,20,27)(H,21,28)(H,30,31). The van der Waals surface area contributed by atoms with Gasteiger partial charge in [-0.25, -0.2) is 17.9 Å². The van der Waals surface area contributed by atoms with Gasteiger partial charge < -0.3 is 16.2 Å². The maximum Gasteiger partial charge on any atom is 0.402 e. The number of tetrazole rings is 1. The Labute approximate surface area is 209 Å². The van der Waals surface area contributed by atoms with Crippen LogP contribution in [0.5, 0.6) is 0 Å². The van der Waals surface area contributed by atoms with Crippen molar-refractivity contribution >= 4 is 57.1 Å². The average Bonchev–Trinajstić information content (AvgIpc) is 3.18. The zero-order chi connectivity index (χ0) is 26.8. The molecule has 198 valence electrons. The summed E-state index contributed by atoms with van der Waals surface area (Å²) in [5.41, 5.74) is 5.11. The van der Waals surface area contributed by atoms with E-state index in [1.807, 2.05) is 0 Å². The third kappa shape index (κ3) is 6.66. The first-order valence-corrected chi connectivity index (χ1v) is 13.7. The van der Waals surface area contributed by atoms with Crippen LogP contribution in [0.1, 0.15) is 6.42 Å². The first-order valence-electron chi connectivity index (χ1n) is 9.82. The Morgan fingerprint density at radius 2 is 2.00 bits per heavy atom. The third-order valence-electron chi connectivity index (χ3n) is 4.75. The van der Waals surface area contributed by atoms with Crippen molar-refractivity contribution in [2.45, 2.75) is 35.7 Å². The zero-order valence-electron chi connectivity index (χ0n) is 18.0. The summed E-state index contributed by atoms with van der Waals surface area (Å²) < 4.78 is 61.5. The Morgan fingerprint density at radius 3 is 2.61 bits per heavy atom. The second kappa shape index (κ2) is 10.6. The highest BCUT2D eigenvalue weighted by molar-refractivity contribution is 8.01. The van der Waals surface area contributed by atoms with Gasteiger partial charge >= 0.3 is 12.1 Å². The van der Waals surface area contributed by atoms with Crippen molar-refractivity contribution in [2.24, 2.45) is 5.73 Å². The molecule has 0 bridgehead atoms. The fourth-order valence-corrected chi connectivity index (χ4v) is 6.79. The van der Waals surface area contributed by atoms with E-state index in [0.29, 0.717) is 5.57 Å². The van der Waals surface area contributed by atoms with Crippen molar-refractivity contribution in [3.63, 3.8) is 0 Å². The van der Waals surface area contributed by atoms with Crippen molar-refractivity contribution in [2.75, 3.05) is 23.0 Å². The van der Waals surface area contributed by atoms with E-state index < -0.39 is 62.6 Å². The fraction of sp³-hybridized carbons (Fsp3) is 0.562. The number of hydrogen-bond donors (Lipinski definition) is 3. The summed E-state index contributed by atoms with van der Waals surface area (Å²) in [5, 5.41) is 22.2. The van der Waals surface area contributed by atoms with Gasteiger partial charge in [0.1, 0.15) is 28.6 Å². The van der Waals surface area contributed by atoms with E-state index in [1.165, 1.54) is 4.68 Å². The third-order valence-corrected chi connectivity index (χ3v) is 8.60. The summed E-state index contributed by atoms with van der Waals surface area (Å²) in [6.45, 7) is 0.108. The molecule has 2 aliphatic rings. The summed E-state index contributed by atoms with van der Waals surface area (Å²) in [6.07, 6.45) is -5.05. The first kappa shape index (κ1) is 27.7. The van der Waals surface area contributed by atoms with Gasteiger partial charge in [0.2, 0.25) is 17.0 Å². The largest absolute Gasteiger partial charge is 0.477 e. The minimum Gasteiger partial charge on any atom is -0.477 e. The molecule has 2 unspecified atom stereocenters. The number of aliphatic carboxylic acids is 1. The lowest BCUT2D eigenvalue weighted by molar-refractivity contribution is -0.150. The Bertz CT molecular complexity index is 1220. The summed E-state index contributed by atoms with van der Waals surface area (Å²) in [7, 11) is -4.81. The van der Waals surface area contributed by atoms with Gasteiger partial charge in [-0.2, -0.15) is 13.2 Å². The van der Waals surface area contributed by atoms with Crippen LogP contribution in [0.3, 0.4) is 0 Å². The topological polar surface area (TPSA) is 208 Å². The number of aryl methyl sites for hydroxylation is 1. The maximum absolute atomic E-state index is 12.6. The Morgan fingerprint density at radius 1 is 1.31 bits per heavy atom. The number of nitrogens with one attached hydrogen (secondary N) is 1. The van der Waals surface area contributed by atoms with Crippen LogP contribution < -0.4 is 11.1 Å². The molecule has 1 fully saturated rings. The minimum absolute atomic E-state index is 0.0217. The lowest BCUT2D eigenvalue weighted by Crippen LogP contribution is -2.71. The number of sulfone groups is 1. The Hall–Kier alpha value is -2.87. The van der Waals surface area contributed by atoms with Crippen LogP contribution in [-0.4, -0.2) is 103 Å². The smallest absolute Gasteiger partial charge is 0.402 e. The molecular formula is C16H18F3N7O7S3. The van der Waals surface area contributed by atoms with E-state index in [4.69, 9.17) is 5.73 Å². The van der Waals surface area contributed by atoms with Crippen LogP contribution in [0.4, 0.5) is 13.2 Å². The van der Waals surface area contributed by atoms with Crippen molar-refractivity contribution in [1.29, 1.82) is 0 Å². The molecule has 3 rings (SSSR count). The van der Waals surface area contributed by atoms with Gasteiger partial charge in [-0.15, -0.1) is 16.9 Å². The summed E-state index contributed by atoms with van der Waals surface area (Å²) in [5.74, 6) is -7.61. The van der Waals surface area contributed by atoms with Crippen LogP contribution in [0, 0.1) is 0 Å². The number of fused-ring (bicyclic) bond motifs is 1. The van der Waals surface area contributed by atoms with Crippen LogP contribution in [0.15, 0.2) is 16.4 Å². The van der Waals surface area contributed by atoms with E-state index in [0.717, 1.165) is 28.4 Å². The number of rotatable bonds is 11. The first-order chi connectivity index (χ1) is 16.7. The van der Waals surface area contributed by atoms with Gasteiger partial charge in [0.15, 0.2) is 9.84 Å². The van der Waals surface area contributed by atoms with E-state index in [-0.39, 0.29) is 35.3 Å². The Kier molecular flexibility index (Phi) is 8.18. The number of carboxylic acid groups (broad SMARTS) is 1. The second-order valence-electron chi connectivity index (χ2n) is 7.55.